The van der Waals surface area contributed by atoms with Crippen LogP contribution in [0.1, 0.15) is 32.4 Å². The highest BCUT2D eigenvalue weighted by Gasteiger charge is 2.31. The van der Waals surface area contributed by atoms with Crippen LogP contribution in [-0.2, 0) is 22.6 Å². The lowest BCUT2D eigenvalue weighted by Crippen LogP contribution is -2.36. The molecule has 1 aromatic heterocycles. The molecular formula is C24H23N3O6S. The molecule has 10 heteroatoms. The molecule has 3 aromatic rings. The Morgan fingerprint density at radius 1 is 1.03 bits per heavy atom. The number of carbonyl (C=O) groups is 3. The van der Waals surface area contributed by atoms with Gasteiger partial charge in [-0.1, -0.05) is 30.3 Å². The maximum atomic E-state index is 11.8. The van der Waals surface area contributed by atoms with Crippen LogP contribution in [0.5, 0.6) is 11.5 Å². The summed E-state index contributed by atoms with van der Waals surface area (Å²) in [6.07, 6.45) is 0.482. The van der Waals surface area contributed by atoms with Gasteiger partial charge in [0.05, 0.1) is 11.6 Å². The second kappa shape index (κ2) is 10.5. The van der Waals surface area contributed by atoms with E-state index in [9.17, 15) is 19.5 Å². The Hall–Kier alpha value is -3.73. The Labute approximate surface area is 199 Å². The zero-order chi connectivity index (χ0) is 24.1. The van der Waals surface area contributed by atoms with Crippen molar-refractivity contribution in [3.63, 3.8) is 0 Å². The average molecular weight is 482 g/mol. The fraction of sp³-hybridized carbons (Fsp3) is 0.208. The van der Waals surface area contributed by atoms with Gasteiger partial charge in [0.2, 0.25) is 0 Å². The summed E-state index contributed by atoms with van der Waals surface area (Å²) < 4.78 is 5.80. The summed E-state index contributed by atoms with van der Waals surface area (Å²) in [4.78, 5) is 35.1. The highest BCUT2D eigenvalue weighted by molar-refractivity contribution is 7.17. The molecule has 0 spiro atoms. The average Bonchev–Trinajstić information content (AvgIpc) is 3.20. The van der Waals surface area contributed by atoms with Crippen LogP contribution in [0.4, 0.5) is 5.00 Å². The van der Waals surface area contributed by atoms with Crippen LogP contribution in [0.25, 0.3) is 0 Å². The van der Waals surface area contributed by atoms with Crippen LogP contribution in [0, 0.1) is 0 Å². The van der Waals surface area contributed by atoms with Gasteiger partial charge in [0, 0.05) is 18.0 Å². The van der Waals surface area contributed by atoms with Gasteiger partial charge in [-0.25, -0.2) is 9.59 Å². The Morgan fingerprint density at radius 3 is 2.41 bits per heavy atom. The standard InChI is InChI=1S/C24H23N3O6S/c28-21(24(31)32)27-22-19(23(29)30)17-10-11-26-18(20(17)34-22)13-25-12-14-6-8-16(9-7-14)33-15-4-2-1-3-5-15/h1-9,18,25-26H,10-13H2,(H,27,28)(H,29,30)(H,31,32)/t18-/m0/s1. The monoisotopic (exact) mass is 481 g/mol. The number of aromatic carboxylic acids is 1. The lowest BCUT2D eigenvalue weighted by atomic mass is 9.99. The van der Waals surface area contributed by atoms with Crippen molar-refractivity contribution in [1.29, 1.82) is 0 Å². The third-order valence-corrected chi connectivity index (χ3v) is 6.60. The Bertz CT molecular complexity index is 1190. The first-order valence-corrected chi connectivity index (χ1v) is 11.4. The maximum Gasteiger partial charge on any atom is 0.394 e. The number of ether oxygens (including phenoxy) is 1. The Balaban J connectivity index is 1.39. The van der Waals surface area contributed by atoms with Gasteiger partial charge in [-0.15, -0.1) is 11.3 Å². The number of anilines is 1. The van der Waals surface area contributed by atoms with Crippen molar-refractivity contribution in [1.82, 2.24) is 10.6 Å². The predicted molar refractivity (Wildman–Crippen MR) is 127 cm³/mol. The number of aliphatic carboxylic acids is 1. The zero-order valence-corrected chi connectivity index (χ0v) is 18.9. The summed E-state index contributed by atoms with van der Waals surface area (Å²) in [5.74, 6) is -2.61. The molecule has 176 valence electrons. The highest BCUT2D eigenvalue weighted by Crippen LogP contribution is 2.39. The van der Waals surface area contributed by atoms with Crippen molar-refractivity contribution in [2.75, 3.05) is 18.4 Å². The summed E-state index contributed by atoms with van der Waals surface area (Å²) in [5.41, 5.74) is 1.66. The van der Waals surface area contributed by atoms with E-state index in [1.807, 2.05) is 54.6 Å². The summed E-state index contributed by atoms with van der Waals surface area (Å²) in [6, 6.07) is 17.1. The molecule has 1 aliphatic rings. The van der Waals surface area contributed by atoms with Crippen LogP contribution in [-0.4, -0.2) is 41.1 Å². The van der Waals surface area contributed by atoms with Crippen LogP contribution in [0.2, 0.25) is 0 Å². The quantitative estimate of drug-likeness (QED) is 0.309. The first kappa shape index (κ1) is 23.4. The number of thiophene rings is 1. The van der Waals surface area contributed by atoms with Crippen molar-refractivity contribution in [3.05, 3.63) is 76.2 Å². The SMILES string of the molecule is O=C(O)C(=O)Nc1sc2c(c1C(=O)O)CCN[C@H]2CNCc1ccc(Oc2ccccc2)cc1. The van der Waals surface area contributed by atoms with Gasteiger partial charge in [0.25, 0.3) is 0 Å². The van der Waals surface area contributed by atoms with E-state index in [4.69, 9.17) is 9.84 Å². The van der Waals surface area contributed by atoms with Crippen molar-refractivity contribution in [2.24, 2.45) is 0 Å². The van der Waals surface area contributed by atoms with E-state index < -0.39 is 17.8 Å². The first-order valence-electron chi connectivity index (χ1n) is 10.6. The van der Waals surface area contributed by atoms with Crippen molar-refractivity contribution >= 4 is 34.2 Å². The van der Waals surface area contributed by atoms with Gasteiger partial charge in [-0.2, -0.15) is 0 Å². The molecular weight excluding hydrogens is 458 g/mol. The predicted octanol–water partition coefficient (Wildman–Crippen LogP) is 3.24. The van der Waals surface area contributed by atoms with Crippen LogP contribution >= 0.6 is 11.3 Å². The minimum Gasteiger partial charge on any atom is -0.478 e. The van der Waals surface area contributed by atoms with E-state index in [2.05, 4.69) is 16.0 Å². The van der Waals surface area contributed by atoms with Gasteiger partial charge in [0.1, 0.15) is 16.5 Å². The van der Waals surface area contributed by atoms with E-state index in [0.29, 0.717) is 31.6 Å². The van der Waals surface area contributed by atoms with E-state index in [0.717, 1.165) is 33.3 Å². The van der Waals surface area contributed by atoms with Gasteiger partial charge >= 0.3 is 17.8 Å². The number of rotatable bonds is 8. The van der Waals surface area contributed by atoms with Crippen LogP contribution < -0.4 is 20.7 Å². The number of fused-ring (bicyclic) bond motifs is 1. The molecule has 5 N–H and O–H groups in total. The van der Waals surface area contributed by atoms with E-state index in [-0.39, 0.29) is 16.6 Å². The number of nitrogens with one attached hydrogen (secondary N) is 3. The summed E-state index contributed by atoms with van der Waals surface area (Å²) >= 11 is 1.10. The van der Waals surface area contributed by atoms with Gasteiger partial charge in [-0.3, -0.25) is 4.79 Å². The third kappa shape index (κ3) is 5.42. The number of hydrogen-bond acceptors (Lipinski definition) is 7. The fourth-order valence-corrected chi connectivity index (χ4v) is 5.09. The molecule has 4 rings (SSSR count). The van der Waals surface area contributed by atoms with Gasteiger partial charge < -0.3 is 30.9 Å². The van der Waals surface area contributed by atoms with Crippen molar-refractivity contribution in [3.8, 4) is 11.5 Å². The van der Waals surface area contributed by atoms with E-state index in [1.165, 1.54) is 0 Å². The Morgan fingerprint density at radius 2 is 1.74 bits per heavy atom. The van der Waals surface area contributed by atoms with Crippen molar-refractivity contribution < 1.29 is 29.3 Å². The number of benzene rings is 2. The molecule has 0 unspecified atom stereocenters. The van der Waals surface area contributed by atoms with E-state index >= 15 is 0 Å². The smallest absolute Gasteiger partial charge is 0.394 e. The van der Waals surface area contributed by atoms with Gasteiger partial charge in [0.15, 0.2) is 0 Å². The molecule has 0 bridgehead atoms. The third-order valence-electron chi connectivity index (χ3n) is 5.34. The minimum absolute atomic E-state index is 0.0323. The van der Waals surface area contributed by atoms with Gasteiger partial charge in [-0.05, 0) is 48.4 Å². The molecule has 0 fully saturated rings. The van der Waals surface area contributed by atoms with Crippen LogP contribution in [0.15, 0.2) is 54.6 Å². The van der Waals surface area contributed by atoms with Crippen molar-refractivity contribution in [2.45, 2.75) is 19.0 Å². The molecule has 9 nitrogen and oxygen atoms in total. The number of hydrogen-bond donors (Lipinski definition) is 5. The minimum atomic E-state index is -1.67. The molecule has 1 atom stereocenters. The number of carboxylic acid groups (broad SMARTS) is 2. The molecule has 1 aliphatic heterocycles. The van der Waals surface area contributed by atoms with Crippen LogP contribution in [0.3, 0.4) is 0 Å². The highest BCUT2D eigenvalue weighted by atomic mass is 32.1. The molecule has 0 aliphatic carbocycles. The fourth-order valence-electron chi connectivity index (χ4n) is 3.77. The zero-order valence-electron chi connectivity index (χ0n) is 18.0. The summed E-state index contributed by atoms with van der Waals surface area (Å²) in [7, 11) is 0. The largest absolute Gasteiger partial charge is 0.478 e. The molecule has 0 radical (unpaired) electrons. The summed E-state index contributed by atoms with van der Waals surface area (Å²) in [5, 5.41) is 27.5. The second-order valence-electron chi connectivity index (χ2n) is 7.66. The van der Waals surface area contributed by atoms with E-state index in [1.54, 1.807) is 0 Å². The molecule has 0 saturated heterocycles. The summed E-state index contributed by atoms with van der Waals surface area (Å²) in [6.45, 7) is 1.70. The molecule has 2 heterocycles. The maximum absolute atomic E-state index is 11.8. The molecule has 2 aromatic carbocycles. The topological polar surface area (TPSA) is 137 Å². The number of carbonyl (C=O) groups excluding carboxylic acids is 1. The molecule has 0 saturated carbocycles. The molecule has 34 heavy (non-hydrogen) atoms. The second-order valence-corrected chi connectivity index (χ2v) is 8.71. The number of amides is 1. The lowest BCUT2D eigenvalue weighted by molar-refractivity contribution is -0.147. The Kier molecular flexibility index (Phi) is 7.21. The number of carboxylic acids is 2. The first-order chi connectivity index (χ1) is 16.4. The lowest BCUT2D eigenvalue weighted by Gasteiger charge is -2.24. The molecule has 1 amide bonds. The normalized spacial score (nSPS) is 14.8. The number of para-hydroxylation sites is 1.